The zero-order valence-electron chi connectivity index (χ0n) is 8.26. The molecule has 8 heteroatoms. The largest absolute Gasteiger partial charge is 0.441 e. The topological polar surface area (TPSA) is 48.7 Å². The lowest BCUT2D eigenvalue weighted by Crippen LogP contribution is -2.09. The summed E-state index contributed by atoms with van der Waals surface area (Å²) in [6.45, 7) is 1.84. The molecular formula is C8H8F3N3S2. The van der Waals surface area contributed by atoms with Gasteiger partial charge in [-0.15, -0.1) is 0 Å². The fraction of sp³-hybridized carbons (Fsp3) is 0.500. The Morgan fingerprint density at radius 2 is 2.25 bits per heavy atom. The first-order valence-corrected chi connectivity index (χ1v) is 6.01. The molecule has 0 bridgehead atoms. The van der Waals surface area contributed by atoms with Crippen molar-refractivity contribution in [1.29, 1.82) is 5.26 Å². The SMILES string of the molecule is Cc1nsc(NCCSC(F)(F)F)c1C#N. The van der Waals surface area contributed by atoms with Crippen LogP contribution in [0.5, 0.6) is 0 Å². The molecule has 0 saturated heterocycles. The number of thioether (sulfide) groups is 1. The van der Waals surface area contributed by atoms with Crippen LogP contribution in [0.3, 0.4) is 0 Å². The molecule has 3 nitrogen and oxygen atoms in total. The van der Waals surface area contributed by atoms with Gasteiger partial charge in [-0.05, 0) is 30.2 Å². The summed E-state index contributed by atoms with van der Waals surface area (Å²) < 4.78 is 39.4. The van der Waals surface area contributed by atoms with Gasteiger partial charge < -0.3 is 5.32 Å². The summed E-state index contributed by atoms with van der Waals surface area (Å²) in [6, 6.07) is 1.96. The lowest BCUT2D eigenvalue weighted by molar-refractivity contribution is -0.0327. The quantitative estimate of drug-likeness (QED) is 0.852. The third-order valence-electron chi connectivity index (χ3n) is 1.63. The highest BCUT2D eigenvalue weighted by Gasteiger charge is 2.27. The summed E-state index contributed by atoms with van der Waals surface area (Å²) in [6.07, 6.45) is 0. The van der Waals surface area contributed by atoms with Crippen molar-refractivity contribution in [2.24, 2.45) is 0 Å². The lowest BCUT2D eigenvalue weighted by atomic mass is 10.3. The Hall–Kier alpha value is -0.940. The zero-order valence-corrected chi connectivity index (χ0v) is 9.89. The van der Waals surface area contributed by atoms with Gasteiger partial charge in [0.05, 0.1) is 5.69 Å². The molecule has 0 amide bonds. The maximum atomic E-state index is 11.8. The molecule has 1 aromatic heterocycles. The molecule has 0 atom stereocenters. The predicted molar refractivity (Wildman–Crippen MR) is 58.6 cm³/mol. The number of hydrogen-bond donors (Lipinski definition) is 1. The second kappa shape index (κ2) is 5.41. The van der Waals surface area contributed by atoms with E-state index in [0.717, 1.165) is 11.5 Å². The van der Waals surface area contributed by atoms with Crippen LogP contribution in [0.25, 0.3) is 0 Å². The van der Waals surface area contributed by atoms with Crippen LogP contribution in [-0.4, -0.2) is 22.2 Å². The van der Waals surface area contributed by atoms with E-state index in [-0.39, 0.29) is 24.1 Å². The number of nitrogens with zero attached hydrogens (tertiary/aromatic N) is 2. The number of aromatic nitrogens is 1. The van der Waals surface area contributed by atoms with E-state index in [0.29, 0.717) is 16.3 Å². The second-order valence-electron chi connectivity index (χ2n) is 2.80. The standard InChI is InChI=1S/C8H8F3N3S2/c1-5-6(4-12)7(16-14-5)13-2-3-15-8(9,10)11/h13H,2-3H2,1H3. The summed E-state index contributed by atoms with van der Waals surface area (Å²) in [5.74, 6) is -0.0919. The van der Waals surface area contributed by atoms with Crippen molar-refractivity contribution in [1.82, 2.24) is 4.37 Å². The maximum Gasteiger partial charge on any atom is 0.441 e. The molecule has 1 aromatic rings. The fourth-order valence-corrected chi connectivity index (χ4v) is 2.16. The van der Waals surface area contributed by atoms with Crippen molar-refractivity contribution in [2.45, 2.75) is 12.4 Å². The molecule has 0 spiro atoms. The van der Waals surface area contributed by atoms with Gasteiger partial charge in [0.25, 0.3) is 0 Å². The molecule has 0 aliphatic heterocycles. The zero-order chi connectivity index (χ0) is 12.2. The Balaban J connectivity index is 2.41. The van der Waals surface area contributed by atoms with Crippen LogP contribution in [-0.2, 0) is 0 Å². The number of rotatable bonds is 4. The number of anilines is 1. The Morgan fingerprint density at radius 1 is 1.56 bits per heavy atom. The highest BCUT2D eigenvalue weighted by molar-refractivity contribution is 8.00. The number of nitrogens with one attached hydrogen (secondary N) is 1. The first-order chi connectivity index (χ1) is 7.44. The molecule has 88 valence electrons. The second-order valence-corrected chi connectivity index (χ2v) is 4.74. The minimum absolute atomic E-state index is 0.0881. The summed E-state index contributed by atoms with van der Waals surface area (Å²) in [4.78, 5) is 0. The van der Waals surface area contributed by atoms with E-state index in [1.54, 1.807) is 6.92 Å². The first-order valence-electron chi connectivity index (χ1n) is 4.25. The molecule has 0 fully saturated rings. The third kappa shape index (κ3) is 3.90. The van der Waals surface area contributed by atoms with Crippen molar-refractivity contribution in [3.05, 3.63) is 11.3 Å². The number of alkyl halides is 3. The van der Waals surface area contributed by atoms with Crippen LogP contribution in [0.2, 0.25) is 0 Å². The smallest absolute Gasteiger partial charge is 0.374 e. The Labute approximate surface area is 98.8 Å². The van der Waals surface area contributed by atoms with Crippen molar-refractivity contribution in [2.75, 3.05) is 17.6 Å². The molecule has 1 heterocycles. The number of nitriles is 1. The highest BCUT2D eigenvalue weighted by atomic mass is 32.2. The van der Waals surface area contributed by atoms with Gasteiger partial charge in [0.2, 0.25) is 0 Å². The van der Waals surface area contributed by atoms with Gasteiger partial charge in [0.1, 0.15) is 16.6 Å². The molecule has 1 N–H and O–H groups in total. The molecule has 0 aromatic carbocycles. The Bertz CT molecular complexity index is 394. The van der Waals surface area contributed by atoms with Gasteiger partial charge in [0, 0.05) is 12.3 Å². The highest BCUT2D eigenvalue weighted by Crippen LogP contribution is 2.30. The van der Waals surface area contributed by atoms with Crippen molar-refractivity contribution >= 4 is 28.3 Å². The molecular weight excluding hydrogens is 259 g/mol. The minimum atomic E-state index is -4.21. The average Bonchev–Trinajstić information content (AvgIpc) is 2.52. The third-order valence-corrected chi connectivity index (χ3v) is 3.26. The van der Waals surface area contributed by atoms with E-state index in [9.17, 15) is 13.2 Å². The van der Waals surface area contributed by atoms with Crippen LogP contribution < -0.4 is 5.32 Å². The number of halogens is 3. The summed E-state index contributed by atoms with van der Waals surface area (Å²) in [7, 11) is 0. The Morgan fingerprint density at radius 3 is 2.81 bits per heavy atom. The molecule has 16 heavy (non-hydrogen) atoms. The van der Waals surface area contributed by atoms with Gasteiger partial charge in [-0.25, -0.2) is 0 Å². The molecule has 0 unspecified atom stereocenters. The summed E-state index contributed by atoms with van der Waals surface area (Å²) in [5, 5.41) is 12.1. The van der Waals surface area contributed by atoms with Crippen LogP contribution >= 0.6 is 23.3 Å². The predicted octanol–water partition coefficient (Wildman–Crippen LogP) is 2.99. The van der Waals surface area contributed by atoms with Gasteiger partial charge in [-0.1, -0.05) is 0 Å². The molecule has 0 aliphatic rings. The number of hydrogen-bond acceptors (Lipinski definition) is 5. The van der Waals surface area contributed by atoms with E-state index in [1.807, 2.05) is 6.07 Å². The summed E-state index contributed by atoms with van der Waals surface area (Å²) >= 11 is 0.996. The fourth-order valence-electron chi connectivity index (χ4n) is 0.953. The van der Waals surface area contributed by atoms with Crippen LogP contribution in [0.4, 0.5) is 18.2 Å². The summed E-state index contributed by atoms with van der Waals surface area (Å²) in [5.41, 5.74) is -3.20. The first kappa shape index (κ1) is 13.1. The molecule has 1 rings (SSSR count). The van der Waals surface area contributed by atoms with Crippen LogP contribution in [0.15, 0.2) is 0 Å². The van der Waals surface area contributed by atoms with E-state index in [1.165, 1.54) is 0 Å². The van der Waals surface area contributed by atoms with E-state index in [2.05, 4.69) is 9.69 Å². The normalized spacial score (nSPS) is 11.2. The van der Waals surface area contributed by atoms with Gasteiger partial charge in [0.15, 0.2) is 0 Å². The molecule has 0 saturated carbocycles. The van der Waals surface area contributed by atoms with E-state index >= 15 is 0 Å². The van der Waals surface area contributed by atoms with Crippen molar-refractivity contribution < 1.29 is 13.2 Å². The van der Waals surface area contributed by atoms with Crippen molar-refractivity contribution in [3.8, 4) is 6.07 Å². The molecule has 0 radical (unpaired) electrons. The van der Waals surface area contributed by atoms with Gasteiger partial charge in [-0.2, -0.15) is 22.8 Å². The van der Waals surface area contributed by atoms with E-state index in [4.69, 9.17) is 5.26 Å². The van der Waals surface area contributed by atoms with Crippen molar-refractivity contribution in [3.63, 3.8) is 0 Å². The Kier molecular flexibility index (Phi) is 4.44. The van der Waals surface area contributed by atoms with Crippen LogP contribution in [0.1, 0.15) is 11.3 Å². The number of aryl methyl sites for hydroxylation is 1. The maximum absolute atomic E-state index is 11.8. The average molecular weight is 267 g/mol. The van der Waals surface area contributed by atoms with Crippen LogP contribution in [0, 0.1) is 18.3 Å². The monoisotopic (exact) mass is 267 g/mol. The minimum Gasteiger partial charge on any atom is -0.374 e. The van der Waals surface area contributed by atoms with Gasteiger partial charge in [-0.3, -0.25) is 0 Å². The van der Waals surface area contributed by atoms with Gasteiger partial charge >= 0.3 is 5.51 Å². The lowest BCUT2D eigenvalue weighted by Gasteiger charge is -2.06. The molecule has 0 aliphatic carbocycles. The van der Waals surface area contributed by atoms with E-state index < -0.39 is 5.51 Å².